The van der Waals surface area contributed by atoms with Crippen LogP contribution < -0.4 is 5.46 Å². The molecule has 0 saturated carbocycles. The maximum absolute atomic E-state index is 12.1. The third-order valence-corrected chi connectivity index (χ3v) is 4.63. The van der Waals surface area contributed by atoms with E-state index in [1.165, 1.54) is 0 Å². The minimum atomic E-state index is -0.512. The first-order valence-electron chi connectivity index (χ1n) is 8.35. The largest absolute Gasteiger partial charge is 0.498 e. The van der Waals surface area contributed by atoms with Crippen molar-refractivity contribution in [2.75, 3.05) is 0 Å². The fourth-order valence-corrected chi connectivity index (χ4v) is 2.66. The molecule has 1 aliphatic rings. The van der Waals surface area contributed by atoms with Crippen LogP contribution in [0.5, 0.6) is 0 Å². The van der Waals surface area contributed by atoms with E-state index in [2.05, 4.69) is 5.10 Å². The molecule has 1 saturated heterocycles. The highest BCUT2D eigenvalue weighted by atomic mass is 16.7. The Balaban J connectivity index is 2.23. The lowest BCUT2D eigenvalue weighted by Crippen LogP contribution is -2.41. The molecular formula is C17H29BN2O4. The summed E-state index contributed by atoms with van der Waals surface area (Å²) in [7, 11) is -0.484. The van der Waals surface area contributed by atoms with E-state index < -0.39 is 23.9 Å². The molecule has 0 unspecified atom stereocenters. The van der Waals surface area contributed by atoms with Gasteiger partial charge in [0.05, 0.1) is 16.9 Å². The van der Waals surface area contributed by atoms with E-state index in [0.717, 1.165) is 16.9 Å². The summed E-state index contributed by atoms with van der Waals surface area (Å²) in [5.41, 5.74) is 1.21. The van der Waals surface area contributed by atoms with Crippen molar-refractivity contribution in [2.45, 2.75) is 85.7 Å². The van der Waals surface area contributed by atoms with Gasteiger partial charge in [-0.25, -0.2) is 0 Å². The summed E-state index contributed by atoms with van der Waals surface area (Å²) in [6.45, 7) is 17.5. The van der Waals surface area contributed by atoms with E-state index in [4.69, 9.17) is 14.0 Å². The van der Waals surface area contributed by atoms with Gasteiger partial charge in [-0.05, 0) is 62.3 Å². The lowest BCUT2D eigenvalue weighted by molar-refractivity contribution is -0.155. The van der Waals surface area contributed by atoms with Crippen LogP contribution in [0.1, 0.15) is 59.9 Å². The maximum atomic E-state index is 12.1. The Morgan fingerprint density at radius 1 is 1.17 bits per heavy atom. The Bertz CT molecular complexity index is 628. The number of esters is 1. The lowest BCUT2D eigenvalue weighted by atomic mass is 9.77. The molecule has 0 spiro atoms. The number of hydrogen-bond acceptors (Lipinski definition) is 5. The van der Waals surface area contributed by atoms with Gasteiger partial charge in [0, 0.05) is 11.2 Å². The van der Waals surface area contributed by atoms with Crippen LogP contribution in [0.25, 0.3) is 0 Å². The third kappa shape index (κ3) is 3.67. The standard InChI is InChI=1S/C17H29BN2O4/c1-11-14(18-23-16(6,7)17(8,9)24-18)12(2)20(19-11)10-13(21)22-15(3,4)5/h10H2,1-9H3. The Kier molecular flexibility index (Phi) is 4.65. The predicted molar refractivity (Wildman–Crippen MR) is 93.3 cm³/mol. The number of aryl methyl sites for hydroxylation is 1. The van der Waals surface area contributed by atoms with Gasteiger partial charge in [-0.1, -0.05) is 0 Å². The van der Waals surface area contributed by atoms with Crippen molar-refractivity contribution < 1.29 is 18.8 Å². The fourth-order valence-electron chi connectivity index (χ4n) is 2.66. The van der Waals surface area contributed by atoms with Gasteiger partial charge in [0.25, 0.3) is 0 Å². The highest BCUT2D eigenvalue weighted by Crippen LogP contribution is 2.36. The lowest BCUT2D eigenvalue weighted by Gasteiger charge is -2.32. The van der Waals surface area contributed by atoms with Gasteiger partial charge in [0.15, 0.2) is 0 Å². The van der Waals surface area contributed by atoms with Gasteiger partial charge in [0.1, 0.15) is 12.1 Å². The van der Waals surface area contributed by atoms with Crippen molar-refractivity contribution in [3.05, 3.63) is 11.4 Å². The smallest absolute Gasteiger partial charge is 0.459 e. The summed E-state index contributed by atoms with van der Waals surface area (Å²) in [6.07, 6.45) is 0. The molecule has 2 heterocycles. The summed E-state index contributed by atoms with van der Waals surface area (Å²) in [5, 5.41) is 4.48. The molecule has 7 heteroatoms. The Labute approximate surface area is 145 Å². The molecule has 1 aliphatic heterocycles. The van der Waals surface area contributed by atoms with Crippen LogP contribution in [-0.4, -0.2) is 39.7 Å². The zero-order valence-corrected chi connectivity index (χ0v) is 16.3. The zero-order chi connectivity index (χ0) is 18.5. The molecule has 0 N–H and O–H groups in total. The summed E-state index contributed by atoms with van der Waals surface area (Å²) in [6, 6.07) is 0. The monoisotopic (exact) mass is 336 g/mol. The van der Waals surface area contributed by atoms with Crippen molar-refractivity contribution >= 4 is 18.6 Å². The van der Waals surface area contributed by atoms with Crippen molar-refractivity contribution in [1.29, 1.82) is 0 Å². The quantitative estimate of drug-likeness (QED) is 0.625. The van der Waals surface area contributed by atoms with Crippen LogP contribution in [0.2, 0.25) is 0 Å². The summed E-state index contributed by atoms with van der Waals surface area (Å²) in [4.78, 5) is 12.1. The average Bonchev–Trinajstić information content (AvgIpc) is 2.70. The van der Waals surface area contributed by atoms with Gasteiger partial charge in [0.2, 0.25) is 0 Å². The third-order valence-electron chi connectivity index (χ3n) is 4.63. The molecule has 134 valence electrons. The second-order valence-corrected chi connectivity index (χ2v) is 8.42. The normalized spacial score (nSPS) is 19.6. The van der Waals surface area contributed by atoms with Crippen molar-refractivity contribution in [3.8, 4) is 0 Å². The molecule has 24 heavy (non-hydrogen) atoms. The Hall–Kier alpha value is -1.34. The van der Waals surface area contributed by atoms with E-state index in [-0.39, 0.29) is 12.5 Å². The summed E-state index contributed by atoms with van der Waals surface area (Å²) < 4.78 is 19.3. The van der Waals surface area contributed by atoms with Crippen LogP contribution in [0.4, 0.5) is 0 Å². The number of carbonyl (C=O) groups excluding carboxylic acids is 1. The second-order valence-electron chi connectivity index (χ2n) is 8.42. The molecule has 2 rings (SSSR count). The van der Waals surface area contributed by atoms with Crippen molar-refractivity contribution in [3.63, 3.8) is 0 Å². The van der Waals surface area contributed by atoms with Crippen molar-refractivity contribution in [2.24, 2.45) is 0 Å². The summed E-state index contributed by atoms with van der Waals surface area (Å²) in [5.74, 6) is -0.312. The van der Waals surface area contributed by atoms with Crippen LogP contribution in [-0.2, 0) is 25.4 Å². The van der Waals surface area contributed by atoms with Gasteiger partial charge < -0.3 is 14.0 Å². The average molecular weight is 336 g/mol. The van der Waals surface area contributed by atoms with E-state index in [1.807, 2.05) is 62.3 Å². The van der Waals surface area contributed by atoms with Gasteiger partial charge in [-0.3, -0.25) is 9.48 Å². The highest BCUT2D eigenvalue weighted by molar-refractivity contribution is 6.63. The second kappa shape index (κ2) is 5.88. The number of aromatic nitrogens is 2. The molecule has 0 aromatic carbocycles. The maximum Gasteiger partial charge on any atom is 0.498 e. The SMILES string of the molecule is Cc1nn(CC(=O)OC(C)(C)C)c(C)c1B1OC(C)(C)C(C)(C)O1. The number of rotatable bonds is 3. The highest BCUT2D eigenvalue weighted by Gasteiger charge is 2.53. The molecule has 1 aromatic rings. The molecule has 0 atom stereocenters. The number of ether oxygens (including phenoxy) is 1. The van der Waals surface area contributed by atoms with Crippen LogP contribution in [0.15, 0.2) is 0 Å². The first-order chi connectivity index (χ1) is 10.7. The molecule has 0 aliphatic carbocycles. The topological polar surface area (TPSA) is 62.6 Å². The molecule has 0 radical (unpaired) electrons. The number of nitrogens with zero attached hydrogens (tertiary/aromatic N) is 2. The van der Waals surface area contributed by atoms with E-state index in [9.17, 15) is 4.79 Å². The summed E-state index contributed by atoms with van der Waals surface area (Å²) >= 11 is 0. The van der Waals surface area contributed by atoms with E-state index in [0.29, 0.717) is 0 Å². The number of hydrogen-bond donors (Lipinski definition) is 0. The first kappa shape index (κ1) is 19.0. The Morgan fingerprint density at radius 2 is 1.67 bits per heavy atom. The molecule has 6 nitrogen and oxygen atoms in total. The molecular weight excluding hydrogens is 307 g/mol. The molecule has 0 bridgehead atoms. The minimum absolute atomic E-state index is 0.0729. The predicted octanol–water partition coefficient (Wildman–Crippen LogP) is 2.14. The first-order valence-corrected chi connectivity index (χ1v) is 8.35. The van der Waals surface area contributed by atoms with Crippen molar-refractivity contribution in [1.82, 2.24) is 9.78 Å². The molecule has 1 fully saturated rings. The van der Waals surface area contributed by atoms with Gasteiger partial charge in [-0.15, -0.1) is 0 Å². The fraction of sp³-hybridized carbons (Fsp3) is 0.765. The minimum Gasteiger partial charge on any atom is -0.459 e. The molecule has 1 aromatic heterocycles. The number of carbonyl (C=O) groups is 1. The van der Waals surface area contributed by atoms with Crippen LogP contribution >= 0.6 is 0 Å². The Morgan fingerprint density at radius 3 is 2.12 bits per heavy atom. The van der Waals surface area contributed by atoms with Crippen LogP contribution in [0.3, 0.4) is 0 Å². The van der Waals surface area contributed by atoms with Gasteiger partial charge >= 0.3 is 13.1 Å². The van der Waals surface area contributed by atoms with Gasteiger partial charge in [-0.2, -0.15) is 5.10 Å². The van der Waals surface area contributed by atoms with E-state index in [1.54, 1.807) is 4.68 Å². The van der Waals surface area contributed by atoms with Crippen LogP contribution in [0, 0.1) is 13.8 Å². The zero-order valence-electron chi connectivity index (χ0n) is 16.3. The molecule has 0 amide bonds. The van der Waals surface area contributed by atoms with E-state index >= 15 is 0 Å².